The Morgan fingerprint density at radius 2 is 2.00 bits per heavy atom. The molecular formula is C12H16BrNO. The summed E-state index contributed by atoms with van der Waals surface area (Å²) in [5, 5.41) is 3.48. The molecule has 1 saturated heterocycles. The van der Waals surface area contributed by atoms with Crippen molar-refractivity contribution in [3.8, 4) is 0 Å². The van der Waals surface area contributed by atoms with Gasteiger partial charge in [-0.3, -0.25) is 0 Å². The Labute approximate surface area is 99.1 Å². The maximum atomic E-state index is 5.84. The van der Waals surface area contributed by atoms with Crippen molar-refractivity contribution in [2.24, 2.45) is 0 Å². The third kappa shape index (κ3) is 2.41. The van der Waals surface area contributed by atoms with Gasteiger partial charge < -0.3 is 10.1 Å². The van der Waals surface area contributed by atoms with Gasteiger partial charge in [-0.05, 0) is 31.5 Å². The SMILES string of the molecule is CC1(C)NCCO[C@@H]1c1ccc(Br)cc1. The zero-order valence-corrected chi connectivity index (χ0v) is 10.7. The molecule has 0 radical (unpaired) electrons. The standard InChI is InChI=1S/C12H16BrNO/c1-12(2)11(15-8-7-14-12)9-3-5-10(13)6-4-9/h3-6,11,14H,7-8H2,1-2H3/t11-/m1/s1. The van der Waals surface area contributed by atoms with Crippen molar-refractivity contribution in [2.45, 2.75) is 25.5 Å². The van der Waals surface area contributed by atoms with E-state index in [2.05, 4.69) is 59.4 Å². The Bertz CT molecular complexity index is 334. The minimum atomic E-state index is 0.00603. The maximum Gasteiger partial charge on any atom is 0.100 e. The van der Waals surface area contributed by atoms with Gasteiger partial charge in [0.2, 0.25) is 0 Å². The fraction of sp³-hybridized carbons (Fsp3) is 0.500. The fourth-order valence-electron chi connectivity index (χ4n) is 2.00. The summed E-state index contributed by atoms with van der Waals surface area (Å²) in [6.07, 6.45) is 0.138. The predicted octanol–water partition coefficient (Wildman–Crippen LogP) is 2.89. The molecule has 0 aromatic heterocycles. The first-order valence-electron chi connectivity index (χ1n) is 5.22. The molecule has 1 aromatic carbocycles. The maximum absolute atomic E-state index is 5.84. The molecule has 1 atom stereocenters. The molecule has 0 spiro atoms. The molecule has 1 aromatic rings. The normalized spacial score (nSPS) is 25.1. The molecule has 0 aliphatic carbocycles. The number of hydrogen-bond donors (Lipinski definition) is 1. The lowest BCUT2D eigenvalue weighted by atomic mass is 9.90. The summed E-state index contributed by atoms with van der Waals surface area (Å²) in [5.74, 6) is 0. The van der Waals surface area contributed by atoms with Gasteiger partial charge in [-0.15, -0.1) is 0 Å². The van der Waals surface area contributed by atoms with Crippen LogP contribution in [0.25, 0.3) is 0 Å². The lowest BCUT2D eigenvalue weighted by molar-refractivity contribution is -0.0388. The minimum absolute atomic E-state index is 0.00603. The monoisotopic (exact) mass is 269 g/mol. The highest BCUT2D eigenvalue weighted by molar-refractivity contribution is 9.10. The number of benzene rings is 1. The van der Waals surface area contributed by atoms with Crippen molar-refractivity contribution in [3.63, 3.8) is 0 Å². The number of hydrogen-bond acceptors (Lipinski definition) is 2. The van der Waals surface area contributed by atoms with Crippen molar-refractivity contribution >= 4 is 15.9 Å². The van der Waals surface area contributed by atoms with Gasteiger partial charge in [0.25, 0.3) is 0 Å². The summed E-state index contributed by atoms with van der Waals surface area (Å²) in [6, 6.07) is 8.35. The van der Waals surface area contributed by atoms with Gasteiger partial charge in [-0.1, -0.05) is 28.1 Å². The molecule has 1 heterocycles. The number of ether oxygens (including phenoxy) is 1. The Morgan fingerprint density at radius 1 is 1.33 bits per heavy atom. The minimum Gasteiger partial charge on any atom is -0.370 e. The van der Waals surface area contributed by atoms with E-state index in [-0.39, 0.29) is 11.6 Å². The zero-order valence-electron chi connectivity index (χ0n) is 9.09. The van der Waals surface area contributed by atoms with Gasteiger partial charge in [0.05, 0.1) is 6.61 Å². The first kappa shape index (κ1) is 11.1. The molecule has 1 N–H and O–H groups in total. The molecule has 0 bridgehead atoms. The van der Waals surface area contributed by atoms with Crippen LogP contribution >= 0.6 is 15.9 Å². The molecule has 1 aliphatic rings. The zero-order chi connectivity index (χ0) is 10.9. The van der Waals surface area contributed by atoms with Gasteiger partial charge in [-0.2, -0.15) is 0 Å². The molecule has 0 amide bonds. The molecule has 3 heteroatoms. The van der Waals surface area contributed by atoms with Crippen LogP contribution in [0.15, 0.2) is 28.7 Å². The van der Waals surface area contributed by atoms with E-state index in [0.717, 1.165) is 17.6 Å². The van der Waals surface area contributed by atoms with Crippen molar-refractivity contribution in [3.05, 3.63) is 34.3 Å². The van der Waals surface area contributed by atoms with E-state index in [4.69, 9.17) is 4.74 Å². The summed E-state index contributed by atoms with van der Waals surface area (Å²) >= 11 is 3.44. The largest absolute Gasteiger partial charge is 0.370 e. The number of rotatable bonds is 1. The average molecular weight is 270 g/mol. The summed E-state index contributed by atoms with van der Waals surface area (Å²) < 4.78 is 6.95. The first-order chi connectivity index (χ1) is 7.09. The Balaban J connectivity index is 2.25. The van der Waals surface area contributed by atoms with E-state index in [9.17, 15) is 0 Å². The van der Waals surface area contributed by atoms with E-state index in [1.54, 1.807) is 0 Å². The summed E-state index contributed by atoms with van der Waals surface area (Å²) in [5.41, 5.74) is 1.24. The van der Waals surface area contributed by atoms with Crippen molar-refractivity contribution < 1.29 is 4.74 Å². The molecule has 2 rings (SSSR count). The second kappa shape index (κ2) is 4.24. The highest BCUT2D eigenvalue weighted by Crippen LogP contribution is 2.31. The van der Waals surface area contributed by atoms with Crippen LogP contribution in [0.2, 0.25) is 0 Å². The van der Waals surface area contributed by atoms with Crippen LogP contribution < -0.4 is 5.32 Å². The van der Waals surface area contributed by atoms with Crippen LogP contribution in [-0.2, 0) is 4.74 Å². The quantitative estimate of drug-likeness (QED) is 0.847. The average Bonchev–Trinajstić information content (AvgIpc) is 2.19. The van der Waals surface area contributed by atoms with Gasteiger partial charge in [-0.25, -0.2) is 0 Å². The molecule has 2 nitrogen and oxygen atoms in total. The highest BCUT2D eigenvalue weighted by atomic mass is 79.9. The van der Waals surface area contributed by atoms with Crippen LogP contribution in [0.5, 0.6) is 0 Å². The topological polar surface area (TPSA) is 21.3 Å². The molecule has 1 fully saturated rings. The second-order valence-corrected chi connectivity index (χ2v) is 5.37. The van der Waals surface area contributed by atoms with Crippen molar-refractivity contribution in [1.82, 2.24) is 5.32 Å². The van der Waals surface area contributed by atoms with E-state index in [1.165, 1.54) is 5.56 Å². The summed E-state index contributed by atoms with van der Waals surface area (Å²) in [7, 11) is 0. The number of morpholine rings is 1. The molecule has 0 unspecified atom stereocenters. The fourth-order valence-corrected chi connectivity index (χ4v) is 2.27. The number of nitrogens with one attached hydrogen (secondary N) is 1. The smallest absolute Gasteiger partial charge is 0.100 e. The molecular weight excluding hydrogens is 254 g/mol. The Kier molecular flexibility index (Phi) is 3.14. The van der Waals surface area contributed by atoms with Crippen molar-refractivity contribution in [2.75, 3.05) is 13.2 Å². The van der Waals surface area contributed by atoms with E-state index in [0.29, 0.717) is 0 Å². The molecule has 1 aliphatic heterocycles. The predicted molar refractivity (Wildman–Crippen MR) is 64.9 cm³/mol. The van der Waals surface area contributed by atoms with Crippen LogP contribution in [0.1, 0.15) is 25.5 Å². The summed E-state index contributed by atoms with van der Waals surface area (Å²) in [6.45, 7) is 6.07. The van der Waals surface area contributed by atoms with Gasteiger partial charge >= 0.3 is 0 Å². The third-order valence-corrected chi connectivity index (χ3v) is 3.32. The lowest BCUT2D eigenvalue weighted by Gasteiger charge is -2.39. The Morgan fingerprint density at radius 3 is 2.60 bits per heavy atom. The van der Waals surface area contributed by atoms with Crippen LogP contribution in [-0.4, -0.2) is 18.7 Å². The van der Waals surface area contributed by atoms with Gasteiger partial charge in [0.1, 0.15) is 6.10 Å². The van der Waals surface area contributed by atoms with E-state index < -0.39 is 0 Å². The van der Waals surface area contributed by atoms with Crippen LogP contribution in [0.3, 0.4) is 0 Å². The molecule has 82 valence electrons. The van der Waals surface area contributed by atoms with Crippen molar-refractivity contribution in [1.29, 1.82) is 0 Å². The highest BCUT2D eigenvalue weighted by Gasteiger charge is 2.33. The van der Waals surface area contributed by atoms with Crippen LogP contribution in [0, 0.1) is 0 Å². The lowest BCUT2D eigenvalue weighted by Crippen LogP contribution is -2.51. The van der Waals surface area contributed by atoms with E-state index in [1.807, 2.05) is 0 Å². The third-order valence-electron chi connectivity index (χ3n) is 2.80. The van der Waals surface area contributed by atoms with Gasteiger partial charge in [0.15, 0.2) is 0 Å². The number of halogens is 1. The molecule has 15 heavy (non-hydrogen) atoms. The summed E-state index contributed by atoms with van der Waals surface area (Å²) in [4.78, 5) is 0. The Hall–Kier alpha value is -0.380. The second-order valence-electron chi connectivity index (χ2n) is 4.45. The van der Waals surface area contributed by atoms with Gasteiger partial charge in [0, 0.05) is 16.6 Å². The van der Waals surface area contributed by atoms with E-state index >= 15 is 0 Å². The first-order valence-corrected chi connectivity index (χ1v) is 6.01. The molecule has 0 saturated carbocycles. The van der Waals surface area contributed by atoms with Crippen LogP contribution in [0.4, 0.5) is 0 Å².